The molecule has 1 rings (SSSR count). The van der Waals surface area contributed by atoms with E-state index < -0.39 is 11.8 Å². The van der Waals surface area contributed by atoms with Crippen LogP contribution in [0, 0.1) is 0 Å². The van der Waals surface area contributed by atoms with Gasteiger partial charge in [0, 0.05) is 35.1 Å². The van der Waals surface area contributed by atoms with Gasteiger partial charge in [-0.15, -0.1) is 0 Å². The summed E-state index contributed by atoms with van der Waals surface area (Å²) >= 11 is 0. The van der Waals surface area contributed by atoms with Crippen LogP contribution in [0.5, 0.6) is 0 Å². The third-order valence-corrected chi connectivity index (χ3v) is 1.47. The summed E-state index contributed by atoms with van der Waals surface area (Å²) < 4.78 is 0. The van der Waals surface area contributed by atoms with Gasteiger partial charge in [-0.05, 0) is 0 Å². The second-order valence-electron chi connectivity index (χ2n) is 2.34. The SMILES string of the molecule is O=C(O)C(O)(O)c1ccccc1.[Na]. The van der Waals surface area contributed by atoms with Gasteiger partial charge in [0.1, 0.15) is 0 Å². The quantitative estimate of drug-likeness (QED) is 0.436. The maximum absolute atomic E-state index is 10.3. The van der Waals surface area contributed by atoms with Gasteiger partial charge in [0.15, 0.2) is 0 Å². The molecule has 0 unspecified atom stereocenters. The molecule has 0 aliphatic carbocycles. The van der Waals surface area contributed by atoms with Crippen LogP contribution in [0.3, 0.4) is 0 Å². The minimum atomic E-state index is -2.79. The van der Waals surface area contributed by atoms with Gasteiger partial charge in [-0.3, -0.25) is 0 Å². The molecule has 0 spiro atoms. The van der Waals surface area contributed by atoms with E-state index >= 15 is 0 Å². The van der Waals surface area contributed by atoms with Crippen LogP contribution < -0.4 is 0 Å². The fourth-order valence-corrected chi connectivity index (χ4v) is 0.794. The summed E-state index contributed by atoms with van der Waals surface area (Å²) in [6, 6.07) is 7.36. The van der Waals surface area contributed by atoms with Gasteiger partial charge in [0.05, 0.1) is 0 Å². The summed E-state index contributed by atoms with van der Waals surface area (Å²) in [5.74, 6) is -4.48. The number of hydrogen-bond donors (Lipinski definition) is 3. The van der Waals surface area contributed by atoms with Crippen LogP contribution in [0.1, 0.15) is 5.56 Å². The molecule has 13 heavy (non-hydrogen) atoms. The molecule has 4 nitrogen and oxygen atoms in total. The normalized spacial score (nSPS) is 10.3. The van der Waals surface area contributed by atoms with Gasteiger partial charge in [-0.25, -0.2) is 4.79 Å². The van der Waals surface area contributed by atoms with Crippen molar-refractivity contribution in [2.75, 3.05) is 0 Å². The molecule has 0 atom stereocenters. The summed E-state index contributed by atoms with van der Waals surface area (Å²) in [6.45, 7) is 0. The van der Waals surface area contributed by atoms with E-state index in [1.807, 2.05) is 0 Å². The Kier molecular flexibility index (Phi) is 4.60. The molecular weight excluding hydrogens is 183 g/mol. The van der Waals surface area contributed by atoms with Gasteiger partial charge in [0.2, 0.25) is 0 Å². The Bertz CT molecular complexity index is 283. The fraction of sp³-hybridized carbons (Fsp3) is 0.125. The zero-order chi connectivity index (χ0) is 9.19. The zero-order valence-electron chi connectivity index (χ0n) is 7.14. The predicted molar refractivity (Wildman–Crippen MR) is 45.9 cm³/mol. The van der Waals surface area contributed by atoms with E-state index in [-0.39, 0.29) is 35.1 Å². The van der Waals surface area contributed by atoms with Crippen LogP contribution in [0.25, 0.3) is 0 Å². The van der Waals surface area contributed by atoms with E-state index in [4.69, 9.17) is 15.3 Å². The fourth-order valence-electron chi connectivity index (χ4n) is 0.794. The topological polar surface area (TPSA) is 77.8 Å². The number of hydrogen-bond acceptors (Lipinski definition) is 3. The molecule has 0 amide bonds. The van der Waals surface area contributed by atoms with E-state index in [0.29, 0.717) is 0 Å². The van der Waals surface area contributed by atoms with Crippen molar-refractivity contribution in [1.82, 2.24) is 0 Å². The zero-order valence-corrected chi connectivity index (χ0v) is 9.14. The van der Waals surface area contributed by atoms with Crippen molar-refractivity contribution in [3.63, 3.8) is 0 Å². The first kappa shape index (κ1) is 12.6. The molecule has 0 saturated heterocycles. The van der Waals surface area contributed by atoms with E-state index in [1.54, 1.807) is 6.07 Å². The number of aliphatic hydroxyl groups is 2. The van der Waals surface area contributed by atoms with Gasteiger partial charge >= 0.3 is 5.97 Å². The van der Waals surface area contributed by atoms with Crippen molar-refractivity contribution in [1.29, 1.82) is 0 Å². The molecule has 0 aliphatic rings. The van der Waals surface area contributed by atoms with E-state index in [0.717, 1.165) is 0 Å². The first-order valence-corrected chi connectivity index (χ1v) is 3.29. The molecule has 1 radical (unpaired) electrons. The van der Waals surface area contributed by atoms with Crippen LogP contribution in [0.2, 0.25) is 0 Å². The molecule has 0 fully saturated rings. The molecule has 0 aromatic heterocycles. The molecule has 0 heterocycles. The minimum absolute atomic E-state index is 0. The number of carboxylic acids is 1. The van der Waals surface area contributed by atoms with E-state index in [2.05, 4.69) is 0 Å². The van der Waals surface area contributed by atoms with Crippen LogP contribution in [-0.4, -0.2) is 50.8 Å². The summed E-state index contributed by atoms with van der Waals surface area (Å²) in [6.07, 6.45) is 0. The third-order valence-electron chi connectivity index (χ3n) is 1.47. The third kappa shape index (κ3) is 2.79. The van der Waals surface area contributed by atoms with Gasteiger partial charge in [-0.2, -0.15) is 0 Å². The maximum Gasteiger partial charge on any atom is 0.369 e. The number of carbonyl (C=O) groups is 1. The summed E-state index contributed by atoms with van der Waals surface area (Å²) in [4.78, 5) is 10.3. The largest absolute Gasteiger partial charge is 0.477 e. The number of rotatable bonds is 2. The average Bonchev–Trinajstić information content (AvgIpc) is 2.06. The van der Waals surface area contributed by atoms with Crippen molar-refractivity contribution in [3.05, 3.63) is 35.9 Å². The maximum atomic E-state index is 10.3. The van der Waals surface area contributed by atoms with Crippen LogP contribution >= 0.6 is 0 Å². The molecule has 5 heteroatoms. The Morgan fingerprint density at radius 3 is 2.00 bits per heavy atom. The number of aliphatic carboxylic acids is 1. The molecule has 0 aliphatic heterocycles. The number of benzene rings is 1. The average molecular weight is 191 g/mol. The second-order valence-corrected chi connectivity index (χ2v) is 2.34. The standard InChI is InChI=1S/C8H8O4.Na/c9-7(10)8(11,12)6-4-2-1-3-5-6;/h1-5,11-12H,(H,9,10);. The van der Waals surface area contributed by atoms with Crippen molar-refractivity contribution in [3.8, 4) is 0 Å². The molecule has 0 bridgehead atoms. The Balaban J connectivity index is 0.00000144. The van der Waals surface area contributed by atoms with Crippen molar-refractivity contribution in [2.24, 2.45) is 0 Å². The second kappa shape index (κ2) is 4.74. The Morgan fingerprint density at radius 2 is 1.62 bits per heavy atom. The first-order valence-electron chi connectivity index (χ1n) is 3.29. The van der Waals surface area contributed by atoms with Crippen LogP contribution in [0.15, 0.2) is 30.3 Å². The number of carboxylic acid groups (broad SMARTS) is 1. The molecule has 0 saturated carbocycles. The van der Waals surface area contributed by atoms with Gasteiger partial charge in [0.25, 0.3) is 5.79 Å². The molecule has 3 N–H and O–H groups in total. The van der Waals surface area contributed by atoms with E-state index in [1.165, 1.54) is 24.3 Å². The Hall–Kier alpha value is -0.390. The monoisotopic (exact) mass is 191 g/mol. The predicted octanol–water partition coefficient (Wildman–Crippen LogP) is -0.472. The smallest absolute Gasteiger partial charge is 0.369 e. The molecule has 1 aromatic rings. The summed E-state index contributed by atoms with van der Waals surface area (Å²) in [5.41, 5.74) is -0.0579. The van der Waals surface area contributed by atoms with Crippen molar-refractivity contribution in [2.45, 2.75) is 5.79 Å². The first-order chi connectivity index (χ1) is 5.55. The van der Waals surface area contributed by atoms with Crippen molar-refractivity contribution >= 4 is 35.5 Å². The van der Waals surface area contributed by atoms with Gasteiger partial charge < -0.3 is 15.3 Å². The Morgan fingerprint density at radius 1 is 1.15 bits per heavy atom. The van der Waals surface area contributed by atoms with Crippen molar-refractivity contribution < 1.29 is 20.1 Å². The minimum Gasteiger partial charge on any atom is -0.477 e. The Labute approximate surface area is 97.1 Å². The summed E-state index contributed by atoms with van der Waals surface area (Å²) in [7, 11) is 0. The molecule has 65 valence electrons. The van der Waals surface area contributed by atoms with Crippen LogP contribution in [0.4, 0.5) is 0 Å². The molecular formula is C8H8NaO4. The van der Waals surface area contributed by atoms with Crippen LogP contribution in [-0.2, 0) is 10.6 Å². The van der Waals surface area contributed by atoms with Gasteiger partial charge in [-0.1, -0.05) is 30.3 Å². The van der Waals surface area contributed by atoms with E-state index in [9.17, 15) is 4.79 Å². The molecule has 1 aromatic carbocycles. The summed E-state index contributed by atoms with van der Waals surface area (Å²) in [5, 5.41) is 26.4.